The Balaban J connectivity index is 1.59. The zero-order chi connectivity index (χ0) is 22.7. The van der Waals surface area contributed by atoms with Gasteiger partial charge in [-0.25, -0.2) is 0 Å². The second-order valence-electron chi connectivity index (χ2n) is 7.32. The van der Waals surface area contributed by atoms with Crippen molar-refractivity contribution in [3.05, 3.63) is 93.0 Å². The monoisotopic (exact) mass is 575 g/mol. The number of nitrogens with one attached hydrogen (secondary N) is 1. The SMILES string of the molecule is O=C(CC1C(=O)N(c2ccc(Cl)cc2)C(=S)N1Cc1ccccc1)Nc1ccc(I)cc1. The molecule has 0 aliphatic carbocycles. The number of amides is 2. The van der Waals surface area contributed by atoms with Gasteiger partial charge in [-0.15, -0.1) is 0 Å². The first kappa shape index (κ1) is 22.7. The van der Waals surface area contributed by atoms with Gasteiger partial charge in [0.15, 0.2) is 5.11 Å². The molecule has 0 radical (unpaired) electrons. The number of benzene rings is 3. The highest BCUT2D eigenvalue weighted by Crippen LogP contribution is 2.29. The van der Waals surface area contributed by atoms with Crippen LogP contribution in [0.15, 0.2) is 78.9 Å². The molecule has 1 N–H and O–H groups in total. The van der Waals surface area contributed by atoms with E-state index >= 15 is 0 Å². The molecule has 8 heteroatoms. The van der Waals surface area contributed by atoms with Crippen LogP contribution in [0.5, 0.6) is 0 Å². The van der Waals surface area contributed by atoms with Gasteiger partial charge < -0.3 is 10.2 Å². The van der Waals surface area contributed by atoms with E-state index in [9.17, 15) is 9.59 Å². The van der Waals surface area contributed by atoms with Crippen molar-refractivity contribution >= 4 is 74.7 Å². The Bertz CT molecular complexity index is 1140. The zero-order valence-corrected chi connectivity index (χ0v) is 20.6. The Kier molecular flexibility index (Phi) is 7.07. The minimum Gasteiger partial charge on any atom is -0.332 e. The minimum atomic E-state index is -0.706. The summed E-state index contributed by atoms with van der Waals surface area (Å²) in [7, 11) is 0. The largest absolute Gasteiger partial charge is 0.332 e. The van der Waals surface area contributed by atoms with Crippen LogP contribution in [0.3, 0.4) is 0 Å². The van der Waals surface area contributed by atoms with E-state index in [1.54, 1.807) is 24.3 Å². The smallest absolute Gasteiger partial charge is 0.256 e. The molecule has 1 atom stereocenters. The predicted molar refractivity (Wildman–Crippen MR) is 140 cm³/mol. The van der Waals surface area contributed by atoms with Gasteiger partial charge in [0.1, 0.15) is 6.04 Å². The number of anilines is 2. The highest BCUT2D eigenvalue weighted by atomic mass is 127. The third kappa shape index (κ3) is 5.11. The summed E-state index contributed by atoms with van der Waals surface area (Å²) >= 11 is 13.9. The Morgan fingerprint density at radius 3 is 2.31 bits per heavy atom. The summed E-state index contributed by atoms with van der Waals surface area (Å²) in [6, 6.07) is 23.5. The fourth-order valence-corrected chi connectivity index (χ4v) is 4.42. The number of hydrogen-bond donors (Lipinski definition) is 1. The quantitative estimate of drug-likeness (QED) is 0.313. The van der Waals surface area contributed by atoms with E-state index in [1.165, 1.54) is 4.90 Å². The van der Waals surface area contributed by atoms with Gasteiger partial charge in [-0.1, -0.05) is 41.9 Å². The van der Waals surface area contributed by atoms with E-state index < -0.39 is 6.04 Å². The first-order valence-electron chi connectivity index (χ1n) is 9.92. The van der Waals surface area contributed by atoms with Gasteiger partial charge in [0, 0.05) is 20.8 Å². The molecule has 1 aliphatic heterocycles. The summed E-state index contributed by atoms with van der Waals surface area (Å²) in [4.78, 5) is 29.5. The van der Waals surface area contributed by atoms with Crippen LogP contribution in [0, 0.1) is 3.57 Å². The van der Waals surface area contributed by atoms with Gasteiger partial charge in [0.05, 0.1) is 12.1 Å². The summed E-state index contributed by atoms with van der Waals surface area (Å²) in [5.74, 6) is -0.477. The molecule has 0 aromatic heterocycles. The van der Waals surface area contributed by atoms with E-state index in [0.717, 1.165) is 9.13 Å². The number of carbonyl (C=O) groups excluding carboxylic acids is 2. The number of halogens is 2. The van der Waals surface area contributed by atoms with Crippen molar-refractivity contribution in [2.75, 3.05) is 10.2 Å². The molecule has 3 aromatic rings. The van der Waals surface area contributed by atoms with Crippen LogP contribution in [0.4, 0.5) is 11.4 Å². The van der Waals surface area contributed by atoms with E-state index in [4.69, 9.17) is 23.8 Å². The van der Waals surface area contributed by atoms with E-state index in [1.807, 2.05) is 59.5 Å². The van der Waals surface area contributed by atoms with E-state index in [-0.39, 0.29) is 18.2 Å². The first-order valence-corrected chi connectivity index (χ1v) is 11.8. The summed E-state index contributed by atoms with van der Waals surface area (Å²) < 4.78 is 1.07. The predicted octanol–water partition coefficient (Wildman–Crippen LogP) is 5.48. The molecule has 1 heterocycles. The lowest BCUT2D eigenvalue weighted by Crippen LogP contribution is -2.37. The second kappa shape index (κ2) is 9.97. The minimum absolute atomic E-state index is 0.0120. The van der Waals surface area contributed by atoms with Crippen molar-refractivity contribution < 1.29 is 9.59 Å². The molecule has 2 amide bonds. The number of thiocarbonyl (C=S) groups is 1. The lowest BCUT2D eigenvalue weighted by molar-refractivity contribution is -0.124. The standard InChI is InChI=1S/C24H19ClIN3O2S/c25-17-6-12-20(13-7-17)29-23(31)21(14-22(30)27-19-10-8-18(26)9-11-19)28(24(29)32)15-16-4-2-1-3-5-16/h1-13,21H,14-15H2,(H,27,30). The van der Waals surface area contributed by atoms with Crippen molar-refractivity contribution in [2.45, 2.75) is 19.0 Å². The molecule has 3 aromatic carbocycles. The summed E-state index contributed by atoms with van der Waals surface area (Å²) in [6.45, 7) is 0.428. The molecule has 5 nitrogen and oxygen atoms in total. The third-order valence-electron chi connectivity index (χ3n) is 5.11. The van der Waals surface area contributed by atoms with Gasteiger partial charge in [0.2, 0.25) is 5.91 Å². The van der Waals surface area contributed by atoms with Crippen LogP contribution in [0.1, 0.15) is 12.0 Å². The Morgan fingerprint density at radius 2 is 1.66 bits per heavy atom. The van der Waals surface area contributed by atoms with Gasteiger partial charge in [-0.3, -0.25) is 14.5 Å². The number of rotatable bonds is 6. The molecular formula is C24H19ClIN3O2S. The van der Waals surface area contributed by atoms with Gasteiger partial charge in [-0.2, -0.15) is 0 Å². The third-order valence-corrected chi connectivity index (χ3v) is 6.49. The maximum Gasteiger partial charge on any atom is 0.256 e. The molecule has 1 saturated heterocycles. The second-order valence-corrected chi connectivity index (χ2v) is 9.37. The summed E-state index contributed by atoms with van der Waals surface area (Å²) in [5.41, 5.74) is 2.32. The highest BCUT2D eigenvalue weighted by Gasteiger charge is 2.44. The molecule has 0 spiro atoms. The molecule has 0 bridgehead atoms. The van der Waals surface area contributed by atoms with Gasteiger partial charge in [-0.05, 0) is 88.9 Å². The van der Waals surface area contributed by atoms with Crippen LogP contribution in [-0.2, 0) is 16.1 Å². The van der Waals surface area contributed by atoms with Crippen LogP contribution in [0.2, 0.25) is 5.02 Å². The Labute approximate surface area is 210 Å². The highest BCUT2D eigenvalue weighted by molar-refractivity contribution is 14.1. The molecular weight excluding hydrogens is 557 g/mol. The molecule has 32 heavy (non-hydrogen) atoms. The average Bonchev–Trinajstić information content (AvgIpc) is 3.01. The normalized spacial score (nSPS) is 15.9. The summed E-state index contributed by atoms with van der Waals surface area (Å²) in [6.07, 6.45) is -0.0120. The van der Waals surface area contributed by atoms with Crippen molar-refractivity contribution in [1.29, 1.82) is 0 Å². The Morgan fingerprint density at radius 1 is 1.00 bits per heavy atom. The van der Waals surface area contributed by atoms with Crippen molar-refractivity contribution in [2.24, 2.45) is 0 Å². The van der Waals surface area contributed by atoms with Crippen molar-refractivity contribution in [3.63, 3.8) is 0 Å². The maximum absolute atomic E-state index is 13.4. The lowest BCUT2D eigenvalue weighted by atomic mass is 10.1. The Hall–Kier alpha value is -2.49. The lowest BCUT2D eigenvalue weighted by Gasteiger charge is -2.24. The number of hydrogen-bond acceptors (Lipinski definition) is 3. The van der Waals surface area contributed by atoms with Crippen molar-refractivity contribution in [3.8, 4) is 0 Å². The van der Waals surface area contributed by atoms with Crippen molar-refractivity contribution in [1.82, 2.24) is 4.90 Å². The molecule has 1 aliphatic rings. The average molecular weight is 576 g/mol. The number of carbonyl (C=O) groups is 2. The van der Waals surface area contributed by atoms with Gasteiger partial charge in [0.25, 0.3) is 5.91 Å². The molecule has 1 fully saturated rings. The van der Waals surface area contributed by atoms with E-state index in [2.05, 4.69) is 27.9 Å². The van der Waals surface area contributed by atoms with Crippen LogP contribution < -0.4 is 10.2 Å². The molecule has 0 saturated carbocycles. The summed E-state index contributed by atoms with van der Waals surface area (Å²) in [5, 5.41) is 3.82. The topological polar surface area (TPSA) is 52.7 Å². The van der Waals surface area contributed by atoms with E-state index in [0.29, 0.717) is 28.1 Å². The molecule has 4 rings (SSSR count). The maximum atomic E-state index is 13.4. The fraction of sp³-hybridized carbons (Fsp3) is 0.125. The van der Waals surface area contributed by atoms with Crippen LogP contribution in [-0.4, -0.2) is 27.9 Å². The molecule has 1 unspecified atom stereocenters. The van der Waals surface area contributed by atoms with Gasteiger partial charge >= 0.3 is 0 Å². The van der Waals surface area contributed by atoms with Crippen LogP contribution in [0.25, 0.3) is 0 Å². The molecule has 162 valence electrons. The van der Waals surface area contributed by atoms with Crippen LogP contribution >= 0.6 is 46.4 Å². The number of nitrogens with zero attached hydrogens (tertiary/aromatic N) is 2. The zero-order valence-electron chi connectivity index (χ0n) is 16.9. The first-order chi connectivity index (χ1) is 15.4. The fourth-order valence-electron chi connectivity index (χ4n) is 3.54.